The van der Waals surface area contributed by atoms with Gasteiger partial charge in [-0.1, -0.05) is 50.7 Å². The maximum absolute atomic E-state index is 11.8. The molecule has 0 aliphatic rings. The summed E-state index contributed by atoms with van der Waals surface area (Å²) in [6.07, 6.45) is 11.5. The number of unbranched alkanes of at least 4 members (excludes halogenated alkanes) is 6. The lowest BCUT2D eigenvalue weighted by molar-refractivity contribution is -0.145. The Morgan fingerprint density at radius 3 is 2.55 bits per heavy atom. The van der Waals surface area contributed by atoms with Gasteiger partial charge in [0.05, 0.1) is 26.0 Å². The van der Waals surface area contributed by atoms with Gasteiger partial charge < -0.3 is 19.5 Å². The maximum atomic E-state index is 11.8. The van der Waals surface area contributed by atoms with Crippen LogP contribution in [-0.2, 0) is 37.0 Å². The highest BCUT2D eigenvalue weighted by Crippen LogP contribution is 2.08. The molecular formula is C22H40N4O5. The van der Waals surface area contributed by atoms with Crippen molar-refractivity contribution >= 4 is 11.9 Å². The summed E-state index contributed by atoms with van der Waals surface area (Å²) in [7, 11) is 1.61. The second kappa shape index (κ2) is 18.7. The van der Waals surface area contributed by atoms with E-state index < -0.39 is 0 Å². The predicted molar refractivity (Wildman–Crippen MR) is 117 cm³/mol. The molecule has 0 aromatic carbocycles. The van der Waals surface area contributed by atoms with Gasteiger partial charge in [0.25, 0.3) is 0 Å². The molecule has 178 valence electrons. The number of rotatable bonds is 20. The van der Waals surface area contributed by atoms with Crippen molar-refractivity contribution in [1.82, 2.24) is 20.3 Å². The Bertz CT molecular complexity index is 594. The Labute approximate surface area is 186 Å². The average Bonchev–Trinajstić information content (AvgIpc) is 3.22. The van der Waals surface area contributed by atoms with Gasteiger partial charge in [0.15, 0.2) is 0 Å². The van der Waals surface area contributed by atoms with Gasteiger partial charge in [-0.05, 0) is 12.8 Å². The number of hydrogen-bond acceptors (Lipinski definition) is 7. The number of amides is 1. The van der Waals surface area contributed by atoms with Crippen LogP contribution in [0.3, 0.4) is 0 Å². The van der Waals surface area contributed by atoms with Crippen LogP contribution in [0, 0.1) is 0 Å². The van der Waals surface area contributed by atoms with Crippen LogP contribution in [-0.4, -0.2) is 60.3 Å². The molecule has 0 radical (unpaired) electrons. The topological polar surface area (TPSA) is 105 Å². The molecule has 9 nitrogen and oxygen atoms in total. The quantitative estimate of drug-likeness (QED) is 0.245. The Kier molecular flexibility index (Phi) is 16.3. The molecular weight excluding hydrogens is 400 g/mol. The molecule has 0 spiro atoms. The highest BCUT2D eigenvalue weighted by Gasteiger charge is 2.08. The van der Waals surface area contributed by atoms with E-state index in [1.165, 1.54) is 38.5 Å². The third-order valence-electron chi connectivity index (χ3n) is 4.74. The van der Waals surface area contributed by atoms with Crippen LogP contribution in [0.1, 0.15) is 76.8 Å². The van der Waals surface area contributed by atoms with Crippen molar-refractivity contribution in [3.63, 3.8) is 0 Å². The van der Waals surface area contributed by atoms with Crippen molar-refractivity contribution in [2.45, 2.75) is 84.3 Å². The molecule has 0 saturated heterocycles. The van der Waals surface area contributed by atoms with Crippen LogP contribution < -0.4 is 5.32 Å². The van der Waals surface area contributed by atoms with Gasteiger partial charge >= 0.3 is 5.97 Å². The molecule has 1 rings (SSSR count). The van der Waals surface area contributed by atoms with E-state index in [2.05, 4.69) is 22.6 Å². The summed E-state index contributed by atoms with van der Waals surface area (Å²) in [5, 5.41) is 10.9. The standard InChI is InChI=1S/C22H40N4O5/c1-3-4-5-6-7-8-9-14-26-18-20(24-25-26)19-31-22(28)12-10-11-21(27)23-13-15-30-17-16-29-2/h18H,3-17,19H2,1-2H3,(H,23,27). The van der Waals surface area contributed by atoms with E-state index in [0.717, 1.165) is 13.0 Å². The number of hydrogen-bond donors (Lipinski definition) is 1. The highest BCUT2D eigenvalue weighted by molar-refractivity contribution is 5.76. The molecule has 0 atom stereocenters. The van der Waals surface area contributed by atoms with Crippen molar-refractivity contribution in [1.29, 1.82) is 0 Å². The van der Waals surface area contributed by atoms with Crippen LogP contribution in [0.2, 0.25) is 0 Å². The van der Waals surface area contributed by atoms with E-state index in [0.29, 0.717) is 38.5 Å². The molecule has 9 heteroatoms. The summed E-state index contributed by atoms with van der Waals surface area (Å²) in [4.78, 5) is 23.5. The smallest absolute Gasteiger partial charge is 0.306 e. The summed E-state index contributed by atoms with van der Waals surface area (Å²) in [5.74, 6) is -0.436. The second-order valence-corrected chi connectivity index (χ2v) is 7.56. The number of nitrogens with zero attached hydrogens (tertiary/aromatic N) is 3. The van der Waals surface area contributed by atoms with Crippen LogP contribution >= 0.6 is 0 Å². The summed E-state index contributed by atoms with van der Waals surface area (Å²) >= 11 is 0. The Hall–Kier alpha value is -2.00. The SMILES string of the molecule is CCCCCCCCCn1cc(COC(=O)CCCC(=O)NCCOCCOC)nn1. The van der Waals surface area contributed by atoms with Crippen molar-refractivity contribution in [3.8, 4) is 0 Å². The normalized spacial score (nSPS) is 10.9. The first-order chi connectivity index (χ1) is 15.2. The largest absolute Gasteiger partial charge is 0.459 e. The van der Waals surface area contributed by atoms with Crippen molar-refractivity contribution < 1.29 is 23.8 Å². The van der Waals surface area contributed by atoms with E-state index in [1.807, 2.05) is 6.20 Å². The fraction of sp³-hybridized carbons (Fsp3) is 0.818. The number of aryl methyl sites for hydroxylation is 1. The minimum atomic E-state index is -0.336. The van der Waals surface area contributed by atoms with Crippen LogP contribution in [0.25, 0.3) is 0 Å². The van der Waals surface area contributed by atoms with Crippen molar-refractivity contribution in [3.05, 3.63) is 11.9 Å². The fourth-order valence-corrected chi connectivity index (χ4v) is 2.96. The van der Waals surface area contributed by atoms with Crippen molar-refractivity contribution in [2.24, 2.45) is 0 Å². The lowest BCUT2D eigenvalue weighted by atomic mass is 10.1. The van der Waals surface area contributed by atoms with Crippen LogP contribution in [0.4, 0.5) is 0 Å². The molecule has 0 bridgehead atoms. The molecule has 31 heavy (non-hydrogen) atoms. The number of nitrogens with one attached hydrogen (secondary N) is 1. The first-order valence-corrected chi connectivity index (χ1v) is 11.5. The molecule has 0 aliphatic heterocycles. The molecule has 1 aromatic heterocycles. The lowest BCUT2D eigenvalue weighted by Gasteiger charge is -2.06. The fourth-order valence-electron chi connectivity index (χ4n) is 2.96. The molecule has 1 N–H and O–H groups in total. The molecule has 1 amide bonds. The molecule has 0 unspecified atom stereocenters. The van der Waals surface area contributed by atoms with E-state index >= 15 is 0 Å². The van der Waals surface area contributed by atoms with Gasteiger partial charge in [-0.15, -0.1) is 5.10 Å². The lowest BCUT2D eigenvalue weighted by Crippen LogP contribution is -2.27. The Balaban J connectivity index is 2.02. The number of carbonyl (C=O) groups is 2. The van der Waals surface area contributed by atoms with E-state index in [4.69, 9.17) is 14.2 Å². The predicted octanol–water partition coefficient (Wildman–Crippen LogP) is 3.02. The summed E-state index contributed by atoms with van der Waals surface area (Å²) in [6, 6.07) is 0. The molecule has 1 heterocycles. The first-order valence-electron chi connectivity index (χ1n) is 11.5. The molecule has 0 fully saturated rings. The Morgan fingerprint density at radius 2 is 1.77 bits per heavy atom. The summed E-state index contributed by atoms with van der Waals surface area (Å²) in [5.41, 5.74) is 0.641. The average molecular weight is 441 g/mol. The number of methoxy groups -OCH3 is 1. The third-order valence-corrected chi connectivity index (χ3v) is 4.74. The van der Waals surface area contributed by atoms with Crippen molar-refractivity contribution in [2.75, 3.05) is 33.5 Å². The summed E-state index contributed by atoms with van der Waals surface area (Å²) < 4.78 is 17.2. The van der Waals surface area contributed by atoms with E-state index in [-0.39, 0.29) is 31.3 Å². The minimum absolute atomic E-state index is 0.101. The van der Waals surface area contributed by atoms with E-state index in [9.17, 15) is 9.59 Å². The number of aromatic nitrogens is 3. The number of ether oxygens (including phenoxy) is 3. The van der Waals surface area contributed by atoms with Gasteiger partial charge in [-0.3, -0.25) is 14.3 Å². The molecule has 0 aliphatic carbocycles. The molecule has 0 saturated carbocycles. The third kappa shape index (κ3) is 15.5. The zero-order valence-electron chi connectivity index (χ0n) is 19.3. The van der Waals surface area contributed by atoms with Crippen LogP contribution in [0.15, 0.2) is 6.20 Å². The second-order valence-electron chi connectivity index (χ2n) is 7.56. The van der Waals surface area contributed by atoms with Gasteiger partial charge in [0.1, 0.15) is 12.3 Å². The maximum Gasteiger partial charge on any atom is 0.306 e. The van der Waals surface area contributed by atoms with Crippen LogP contribution in [0.5, 0.6) is 0 Å². The summed E-state index contributed by atoms with van der Waals surface area (Å²) in [6.45, 7) is 5.10. The minimum Gasteiger partial charge on any atom is -0.459 e. The monoisotopic (exact) mass is 440 g/mol. The van der Waals surface area contributed by atoms with Gasteiger partial charge in [0.2, 0.25) is 5.91 Å². The number of carbonyl (C=O) groups excluding carboxylic acids is 2. The van der Waals surface area contributed by atoms with E-state index in [1.54, 1.807) is 11.8 Å². The van der Waals surface area contributed by atoms with Gasteiger partial charge in [-0.2, -0.15) is 0 Å². The van der Waals surface area contributed by atoms with Gasteiger partial charge in [0, 0.05) is 33.0 Å². The Morgan fingerprint density at radius 1 is 1.00 bits per heavy atom. The number of esters is 1. The highest BCUT2D eigenvalue weighted by atomic mass is 16.5. The first kappa shape index (κ1) is 27.0. The van der Waals surface area contributed by atoms with Gasteiger partial charge in [-0.25, -0.2) is 0 Å². The molecule has 1 aromatic rings. The zero-order chi connectivity index (χ0) is 22.6. The zero-order valence-corrected chi connectivity index (χ0v) is 19.3.